The molecule has 0 bridgehead atoms. The maximum absolute atomic E-state index is 11.6. The van der Waals surface area contributed by atoms with Crippen molar-refractivity contribution in [3.63, 3.8) is 0 Å². The number of ether oxygens (including phenoxy) is 2. The van der Waals surface area contributed by atoms with E-state index >= 15 is 0 Å². The molecule has 5 nitrogen and oxygen atoms in total. The summed E-state index contributed by atoms with van der Waals surface area (Å²) in [4.78, 5) is 11.6. The molecular weight excluding hydrogens is 256 g/mol. The molecule has 0 aliphatic carbocycles. The van der Waals surface area contributed by atoms with Gasteiger partial charge in [-0.1, -0.05) is 6.42 Å². The standard InChI is InChI=1S/C15H22N2O3/c1-19-14-7-5-13(6-8-14)17-15(18)20-11-9-12-4-2-3-10-16-12/h5-8,12,16H,2-4,9-11H2,1H3,(H,17,18). The van der Waals surface area contributed by atoms with Crippen LogP contribution in [0.1, 0.15) is 25.7 Å². The van der Waals surface area contributed by atoms with Gasteiger partial charge >= 0.3 is 6.09 Å². The molecule has 1 saturated heterocycles. The first-order valence-electron chi connectivity index (χ1n) is 7.09. The van der Waals surface area contributed by atoms with Crippen molar-refractivity contribution in [1.82, 2.24) is 5.32 Å². The molecule has 20 heavy (non-hydrogen) atoms. The second kappa shape index (κ2) is 7.75. The lowest BCUT2D eigenvalue weighted by atomic mass is 10.0. The molecule has 2 N–H and O–H groups in total. The second-order valence-electron chi connectivity index (χ2n) is 4.92. The summed E-state index contributed by atoms with van der Waals surface area (Å²) < 4.78 is 10.2. The van der Waals surface area contributed by atoms with Crippen molar-refractivity contribution >= 4 is 11.8 Å². The summed E-state index contributed by atoms with van der Waals surface area (Å²) in [6.07, 6.45) is 4.14. The molecule has 1 atom stereocenters. The fourth-order valence-electron chi connectivity index (χ4n) is 2.29. The van der Waals surface area contributed by atoms with Crippen LogP contribution in [0.5, 0.6) is 5.75 Å². The molecule has 1 aliphatic rings. The molecule has 2 rings (SSSR count). The molecule has 1 heterocycles. The SMILES string of the molecule is COc1ccc(NC(=O)OCCC2CCCCN2)cc1. The fraction of sp³-hybridized carbons (Fsp3) is 0.533. The van der Waals surface area contributed by atoms with Crippen molar-refractivity contribution in [3.05, 3.63) is 24.3 Å². The summed E-state index contributed by atoms with van der Waals surface area (Å²) in [5.41, 5.74) is 0.701. The van der Waals surface area contributed by atoms with Crippen LogP contribution in [0.2, 0.25) is 0 Å². The highest BCUT2D eigenvalue weighted by atomic mass is 16.5. The zero-order valence-electron chi connectivity index (χ0n) is 11.9. The Morgan fingerprint density at radius 2 is 2.15 bits per heavy atom. The van der Waals surface area contributed by atoms with E-state index in [1.807, 2.05) is 0 Å². The van der Waals surface area contributed by atoms with Gasteiger partial charge in [-0.15, -0.1) is 0 Å². The molecule has 110 valence electrons. The molecule has 1 amide bonds. The Morgan fingerprint density at radius 1 is 1.35 bits per heavy atom. The molecule has 1 aliphatic heterocycles. The van der Waals surface area contributed by atoms with Crippen molar-refractivity contribution in [2.24, 2.45) is 0 Å². The van der Waals surface area contributed by atoms with Crippen LogP contribution >= 0.6 is 0 Å². The number of hydrogen-bond donors (Lipinski definition) is 2. The Balaban J connectivity index is 1.66. The maximum Gasteiger partial charge on any atom is 0.411 e. The van der Waals surface area contributed by atoms with Gasteiger partial charge in [-0.3, -0.25) is 5.32 Å². The van der Waals surface area contributed by atoms with E-state index in [1.165, 1.54) is 19.3 Å². The van der Waals surface area contributed by atoms with Crippen molar-refractivity contribution in [2.75, 3.05) is 25.6 Å². The second-order valence-corrected chi connectivity index (χ2v) is 4.92. The van der Waals surface area contributed by atoms with Gasteiger partial charge in [0.05, 0.1) is 13.7 Å². The zero-order valence-corrected chi connectivity index (χ0v) is 11.9. The number of amides is 1. The normalized spacial score (nSPS) is 18.4. The van der Waals surface area contributed by atoms with Crippen LogP contribution in [0.4, 0.5) is 10.5 Å². The van der Waals surface area contributed by atoms with Crippen LogP contribution in [-0.4, -0.2) is 32.4 Å². The fourth-order valence-corrected chi connectivity index (χ4v) is 2.29. The molecule has 0 aromatic heterocycles. The number of piperidine rings is 1. The van der Waals surface area contributed by atoms with Crippen LogP contribution in [-0.2, 0) is 4.74 Å². The minimum atomic E-state index is -0.411. The quantitative estimate of drug-likeness (QED) is 0.869. The van der Waals surface area contributed by atoms with Crippen LogP contribution < -0.4 is 15.4 Å². The predicted molar refractivity (Wildman–Crippen MR) is 78.2 cm³/mol. The minimum Gasteiger partial charge on any atom is -0.497 e. The number of methoxy groups -OCH3 is 1. The van der Waals surface area contributed by atoms with E-state index in [2.05, 4.69) is 10.6 Å². The largest absolute Gasteiger partial charge is 0.497 e. The van der Waals surface area contributed by atoms with Gasteiger partial charge in [-0.2, -0.15) is 0 Å². The third-order valence-electron chi connectivity index (χ3n) is 3.45. The van der Waals surface area contributed by atoms with Gasteiger partial charge in [0.25, 0.3) is 0 Å². The Bertz CT molecular complexity index is 414. The predicted octanol–water partition coefficient (Wildman–Crippen LogP) is 2.78. The Morgan fingerprint density at radius 3 is 2.80 bits per heavy atom. The van der Waals surface area contributed by atoms with Crippen LogP contribution in [0.15, 0.2) is 24.3 Å². The van der Waals surface area contributed by atoms with E-state index in [0.29, 0.717) is 18.3 Å². The monoisotopic (exact) mass is 278 g/mol. The van der Waals surface area contributed by atoms with Gasteiger partial charge in [0.15, 0.2) is 0 Å². The van der Waals surface area contributed by atoms with Gasteiger partial charge in [-0.05, 0) is 50.1 Å². The summed E-state index contributed by atoms with van der Waals surface area (Å²) >= 11 is 0. The minimum absolute atomic E-state index is 0.411. The van der Waals surface area contributed by atoms with E-state index in [1.54, 1.807) is 31.4 Å². The topological polar surface area (TPSA) is 59.6 Å². The van der Waals surface area contributed by atoms with Crippen molar-refractivity contribution in [2.45, 2.75) is 31.7 Å². The Kier molecular flexibility index (Phi) is 5.68. The molecule has 0 spiro atoms. The highest BCUT2D eigenvalue weighted by molar-refractivity contribution is 5.84. The molecule has 1 fully saturated rings. The molecule has 0 saturated carbocycles. The Hall–Kier alpha value is -1.75. The zero-order chi connectivity index (χ0) is 14.2. The highest BCUT2D eigenvalue weighted by Gasteiger charge is 2.13. The first kappa shape index (κ1) is 14.7. The van der Waals surface area contributed by atoms with E-state index in [9.17, 15) is 4.79 Å². The molecule has 0 radical (unpaired) electrons. The third-order valence-corrected chi connectivity index (χ3v) is 3.45. The number of benzene rings is 1. The smallest absolute Gasteiger partial charge is 0.411 e. The lowest BCUT2D eigenvalue weighted by molar-refractivity contribution is 0.153. The van der Waals surface area contributed by atoms with Gasteiger partial charge < -0.3 is 14.8 Å². The molecule has 5 heteroatoms. The summed E-state index contributed by atoms with van der Waals surface area (Å²) in [6, 6.07) is 7.63. The van der Waals surface area contributed by atoms with E-state index in [0.717, 1.165) is 18.7 Å². The van der Waals surface area contributed by atoms with E-state index in [-0.39, 0.29) is 0 Å². The molecular formula is C15H22N2O3. The van der Waals surface area contributed by atoms with Crippen LogP contribution in [0, 0.1) is 0 Å². The van der Waals surface area contributed by atoms with Gasteiger partial charge in [0, 0.05) is 11.7 Å². The maximum atomic E-state index is 11.6. The number of carbonyl (C=O) groups is 1. The van der Waals surface area contributed by atoms with Gasteiger partial charge in [0.2, 0.25) is 0 Å². The first-order chi connectivity index (χ1) is 9.78. The molecule has 1 unspecified atom stereocenters. The highest BCUT2D eigenvalue weighted by Crippen LogP contribution is 2.15. The summed E-state index contributed by atoms with van der Waals surface area (Å²) in [6.45, 7) is 1.52. The van der Waals surface area contributed by atoms with Crippen molar-refractivity contribution in [3.8, 4) is 5.75 Å². The third kappa shape index (κ3) is 4.74. The van der Waals surface area contributed by atoms with Crippen molar-refractivity contribution < 1.29 is 14.3 Å². The Labute approximate surface area is 119 Å². The first-order valence-corrected chi connectivity index (χ1v) is 7.09. The lowest BCUT2D eigenvalue weighted by Gasteiger charge is -2.23. The number of anilines is 1. The number of carbonyl (C=O) groups excluding carboxylic acids is 1. The van der Waals surface area contributed by atoms with Crippen molar-refractivity contribution in [1.29, 1.82) is 0 Å². The average molecular weight is 278 g/mol. The molecule has 1 aromatic carbocycles. The van der Waals surface area contributed by atoms with Gasteiger partial charge in [0.1, 0.15) is 5.75 Å². The number of nitrogens with one attached hydrogen (secondary N) is 2. The van der Waals surface area contributed by atoms with Crippen LogP contribution in [0.3, 0.4) is 0 Å². The summed E-state index contributed by atoms with van der Waals surface area (Å²) in [5, 5.41) is 6.12. The van der Waals surface area contributed by atoms with E-state index in [4.69, 9.17) is 9.47 Å². The van der Waals surface area contributed by atoms with E-state index < -0.39 is 6.09 Å². The average Bonchev–Trinajstić information content (AvgIpc) is 2.49. The summed E-state index contributed by atoms with van der Waals surface area (Å²) in [7, 11) is 1.61. The number of hydrogen-bond acceptors (Lipinski definition) is 4. The lowest BCUT2D eigenvalue weighted by Crippen LogP contribution is -2.35. The number of rotatable bonds is 5. The van der Waals surface area contributed by atoms with Crippen LogP contribution in [0.25, 0.3) is 0 Å². The summed E-state index contributed by atoms with van der Waals surface area (Å²) in [5.74, 6) is 0.757. The molecule has 1 aromatic rings. The van der Waals surface area contributed by atoms with Gasteiger partial charge in [-0.25, -0.2) is 4.79 Å².